The van der Waals surface area contributed by atoms with Gasteiger partial charge in [0.25, 0.3) is 0 Å². The van der Waals surface area contributed by atoms with Gasteiger partial charge in [0.05, 0.1) is 5.56 Å². The Morgan fingerprint density at radius 2 is 1.64 bits per heavy atom. The molecule has 0 amide bonds. The van der Waals surface area contributed by atoms with Crippen molar-refractivity contribution < 1.29 is 26.7 Å². The summed E-state index contributed by atoms with van der Waals surface area (Å²) in [6, 6.07) is 6.65. The molecule has 28 heavy (non-hydrogen) atoms. The minimum absolute atomic E-state index is 0.366. The van der Waals surface area contributed by atoms with E-state index in [0.29, 0.717) is 24.0 Å². The Kier molecular flexibility index (Phi) is 6.26. The lowest BCUT2D eigenvalue weighted by molar-refractivity contribution is -0.185. The number of halogens is 5. The van der Waals surface area contributed by atoms with Gasteiger partial charge in [-0.2, -0.15) is 8.78 Å². The summed E-state index contributed by atoms with van der Waals surface area (Å²) in [5.74, 6) is -4.61. The fraction of sp³-hybridized carbons (Fsp3) is 0.455. The first kappa shape index (κ1) is 20.6. The van der Waals surface area contributed by atoms with Gasteiger partial charge in [-0.3, -0.25) is 0 Å². The number of alkyl halides is 2. The highest BCUT2D eigenvalue weighted by molar-refractivity contribution is 5.30. The molecule has 0 heterocycles. The molecule has 1 saturated carbocycles. The molecule has 2 unspecified atom stereocenters. The molecule has 2 aromatic rings. The van der Waals surface area contributed by atoms with Crippen LogP contribution in [0.3, 0.4) is 0 Å². The van der Waals surface area contributed by atoms with Crippen LogP contribution in [0.5, 0.6) is 5.75 Å². The van der Waals surface area contributed by atoms with Gasteiger partial charge in [-0.1, -0.05) is 38.3 Å². The lowest BCUT2D eigenvalue weighted by atomic mass is 9.94. The molecule has 1 aliphatic rings. The second-order valence-electron chi connectivity index (χ2n) is 7.46. The molecule has 0 radical (unpaired) electrons. The maximum absolute atomic E-state index is 14.4. The Morgan fingerprint density at radius 3 is 2.25 bits per heavy atom. The maximum Gasteiger partial charge on any atom is 0.426 e. The zero-order valence-corrected chi connectivity index (χ0v) is 15.7. The molecule has 0 bridgehead atoms. The van der Waals surface area contributed by atoms with E-state index in [1.165, 1.54) is 31.4 Å². The molecule has 0 N–H and O–H groups in total. The third kappa shape index (κ3) is 4.65. The number of ether oxygens (including phenoxy) is 1. The molecule has 0 spiro atoms. The molecule has 0 aliphatic heterocycles. The highest BCUT2D eigenvalue weighted by Crippen LogP contribution is 2.41. The van der Waals surface area contributed by atoms with Gasteiger partial charge >= 0.3 is 6.11 Å². The Bertz CT molecular complexity index is 780. The van der Waals surface area contributed by atoms with Crippen LogP contribution in [0.1, 0.15) is 62.5 Å². The van der Waals surface area contributed by atoms with Crippen LogP contribution in [0.25, 0.3) is 0 Å². The van der Waals surface area contributed by atoms with E-state index in [0.717, 1.165) is 24.8 Å². The highest BCUT2D eigenvalue weighted by atomic mass is 19.3. The van der Waals surface area contributed by atoms with Crippen molar-refractivity contribution in [2.75, 3.05) is 0 Å². The highest BCUT2D eigenvalue weighted by Gasteiger charge is 2.35. The van der Waals surface area contributed by atoms with Crippen LogP contribution in [0.2, 0.25) is 0 Å². The summed E-state index contributed by atoms with van der Waals surface area (Å²) in [6.45, 7) is 2.17. The molecule has 1 aliphatic carbocycles. The molecule has 6 heteroatoms. The maximum atomic E-state index is 14.4. The zero-order chi connectivity index (χ0) is 20.3. The number of unbranched alkanes of at least 4 members (excludes halogenated alkanes) is 1. The van der Waals surface area contributed by atoms with Gasteiger partial charge in [0.2, 0.25) is 0 Å². The van der Waals surface area contributed by atoms with Crippen molar-refractivity contribution in [3.63, 3.8) is 0 Å². The summed E-state index contributed by atoms with van der Waals surface area (Å²) in [5, 5.41) is 0. The van der Waals surface area contributed by atoms with Gasteiger partial charge in [-0.05, 0) is 48.8 Å². The van der Waals surface area contributed by atoms with E-state index in [1.54, 1.807) is 12.1 Å². The predicted molar refractivity (Wildman–Crippen MR) is 96.9 cm³/mol. The molecular weight excluding hydrogens is 375 g/mol. The van der Waals surface area contributed by atoms with Gasteiger partial charge in [-0.25, -0.2) is 13.2 Å². The monoisotopic (exact) mass is 398 g/mol. The van der Waals surface area contributed by atoms with Crippen LogP contribution < -0.4 is 4.74 Å². The van der Waals surface area contributed by atoms with E-state index < -0.39 is 34.9 Å². The Hall–Kier alpha value is -2.11. The molecule has 1 nitrogen and oxygen atoms in total. The molecule has 1 fully saturated rings. The SMILES string of the molecule is CCCCC1CCC(c2ccc(C(F)(F)Oc3cc(F)c(F)c(F)c3)cc2)C1. The minimum atomic E-state index is -3.80. The molecule has 3 rings (SSSR count). The standard InChI is InChI=1S/C22H23F5O/c1-2-3-4-14-5-6-16(11-14)15-7-9-17(10-8-15)22(26,27)28-18-12-19(23)21(25)20(24)13-18/h7-10,12-14,16H,2-6,11H2,1H3. The van der Waals surface area contributed by atoms with Crippen molar-refractivity contribution in [3.8, 4) is 5.75 Å². The van der Waals surface area contributed by atoms with E-state index in [4.69, 9.17) is 0 Å². The van der Waals surface area contributed by atoms with Crippen LogP contribution in [-0.4, -0.2) is 0 Å². The van der Waals surface area contributed by atoms with Gasteiger partial charge < -0.3 is 4.74 Å². The van der Waals surface area contributed by atoms with Crippen molar-refractivity contribution >= 4 is 0 Å². The summed E-state index contributed by atoms with van der Waals surface area (Å²) >= 11 is 0. The van der Waals surface area contributed by atoms with E-state index in [9.17, 15) is 22.0 Å². The first-order valence-electron chi connectivity index (χ1n) is 9.62. The summed E-state index contributed by atoms with van der Waals surface area (Å²) < 4.78 is 72.5. The summed E-state index contributed by atoms with van der Waals surface area (Å²) in [4.78, 5) is 0. The topological polar surface area (TPSA) is 9.23 Å². The summed E-state index contributed by atoms with van der Waals surface area (Å²) in [6.07, 6.45) is 3.08. The average molecular weight is 398 g/mol. The molecule has 2 atom stereocenters. The van der Waals surface area contributed by atoms with Crippen molar-refractivity contribution in [1.82, 2.24) is 0 Å². The number of hydrogen-bond donors (Lipinski definition) is 0. The number of benzene rings is 2. The van der Waals surface area contributed by atoms with Crippen molar-refractivity contribution in [2.45, 2.75) is 57.5 Å². The van der Waals surface area contributed by atoms with E-state index in [2.05, 4.69) is 11.7 Å². The van der Waals surface area contributed by atoms with E-state index >= 15 is 0 Å². The first-order valence-corrected chi connectivity index (χ1v) is 9.62. The summed E-state index contributed by atoms with van der Waals surface area (Å²) in [7, 11) is 0. The summed E-state index contributed by atoms with van der Waals surface area (Å²) in [5.41, 5.74) is 0.583. The quantitative estimate of drug-likeness (QED) is 0.351. The van der Waals surface area contributed by atoms with Crippen molar-refractivity contribution in [2.24, 2.45) is 5.92 Å². The van der Waals surface area contributed by atoms with Crippen molar-refractivity contribution in [3.05, 3.63) is 65.0 Å². The second-order valence-corrected chi connectivity index (χ2v) is 7.46. The Labute approximate surface area is 161 Å². The fourth-order valence-electron chi connectivity index (χ4n) is 3.88. The number of rotatable bonds is 7. The van der Waals surface area contributed by atoms with Crippen LogP contribution in [0.15, 0.2) is 36.4 Å². The van der Waals surface area contributed by atoms with Gasteiger partial charge in [0.1, 0.15) is 5.75 Å². The molecule has 0 saturated heterocycles. The van der Waals surface area contributed by atoms with Gasteiger partial charge in [0.15, 0.2) is 17.5 Å². The van der Waals surface area contributed by atoms with Crippen LogP contribution in [0.4, 0.5) is 22.0 Å². The molecular formula is C22H23F5O. The minimum Gasteiger partial charge on any atom is -0.429 e. The second kappa shape index (κ2) is 8.50. The average Bonchev–Trinajstić information content (AvgIpc) is 3.13. The van der Waals surface area contributed by atoms with Crippen LogP contribution >= 0.6 is 0 Å². The molecule has 152 valence electrons. The number of hydrogen-bond acceptors (Lipinski definition) is 1. The predicted octanol–water partition coefficient (Wildman–Crippen LogP) is 7.31. The smallest absolute Gasteiger partial charge is 0.426 e. The van der Waals surface area contributed by atoms with Crippen LogP contribution in [0, 0.1) is 23.4 Å². The van der Waals surface area contributed by atoms with E-state index in [1.807, 2.05) is 0 Å². The third-order valence-corrected chi connectivity index (χ3v) is 5.43. The van der Waals surface area contributed by atoms with Crippen LogP contribution in [-0.2, 0) is 6.11 Å². The lowest BCUT2D eigenvalue weighted by Crippen LogP contribution is -2.22. The zero-order valence-electron chi connectivity index (χ0n) is 15.7. The van der Waals surface area contributed by atoms with Crippen molar-refractivity contribution in [1.29, 1.82) is 0 Å². The van der Waals surface area contributed by atoms with Gasteiger partial charge in [0, 0.05) is 12.1 Å². The van der Waals surface area contributed by atoms with Gasteiger partial charge in [-0.15, -0.1) is 0 Å². The fourth-order valence-corrected chi connectivity index (χ4v) is 3.88. The first-order chi connectivity index (χ1) is 13.3. The molecule has 2 aromatic carbocycles. The Balaban J connectivity index is 1.68. The third-order valence-electron chi connectivity index (χ3n) is 5.43. The largest absolute Gasteiger partial charge is 0.429 e. The molecule has 0 aromatic heterocycles. The normalized spacial score (nSPS) is 19.8. The van der Waals surface area contributed by atoms with E-state index in [-0.39, 0.29) is 0 Å². The lowest BCUT2D eigenvalue weighted by Gasteiger charge is -2.19. The Morgan fingerprint density at radius 1 is 1.00 bits per heavy atom.